The molecule has 0 radical (unpaired) electrons. The Morgan fingerprint density at radius 1 is 1.25 bits per heavy atom. The Balaban J connectivity index is 1.46. The van der Waals surface area contributed by atoms with Crippen LogP contribution in [0.25, 0.3) is 5.69 Å². The predicted octanol–water partition coefficient (Wildman–Crippen LogP) is 1.59. The third-order valence-corrected chi connectivity index (χ3v) is 5.27. The number of likely N-dealkylation sites (tertiary alicyclic amines) is 1. The van der Waals surface area contributed by atoms with Gasteiger partial charge in [0.2, 0.25) is 0 Å². The minimum atomic E-state index is -0.705. The quantitative estimate of drug-likeness (QED) is 0.925. The summed E-state index contributed by atoms with van der Waals surface area (Å²) in [7, 11) is 0. The molecule has 2 aromatic rings. The van der Waals surface area contributed by atoms with Crippen LogP contribution in [0.2, 0.25) is 0 Å². The highest BCUT2D eigenvalue weighted by atomic mass is 16.4. The van der Waals surface area contributed by atoms with Crippen molar-refractivity contribution < 1.29 is 14.7 Å². The molecule has 7 heteroatoms. The highest BCUT2D eigenvalue weighted by molar-refractivity contribution is 5.93. The minimum Gasteiger partial charge on any atom is -0.481 e. The molecule has 1 saturated heterocycles. The van der Waals surface area contributed by atoms with Gasteiger partial charge in [0.1, 0.15) is 5.69 Å². The van der Waals surface area contributed by atoms with Crippen LogP contribution in [0.5, 0.6) is 0 Å². The normalized spacial score (nSPS) is 21.7. The van der Waals surface area contributed by atoms with Crippen LogP contribution in [0, 0.1) is 11.3 Å². The molecule has 1 atom stereocenters. The van der Waals surface area contributed by atoms with Crippen molar-refractivity contribution in [3.05, 3.63) is 42.5 Å². The van der Waals surface area contributed by atoms with E-state index in [0.717, 1.165) is 24.9 Å². The number of piperidine rings is 1. The van der Waals surface area contributed by atoms with E-state index in [-0.39, 0.29) is 17.2 Å². The number of pyridine rings is 1. The average Bonchev–Trinajstić information content (AvgIpc) is 3.05. The summed E-state index contributed by atoms with van der Waals surface area (Å²) in [5.74, 6) is -1.04. The largest absolute Gasteiger partial charge is 0.481 e. The van der Waals surface area contributed by atoms with E-state index in [1.54, 1.807) is 34.1 Å². The number of aliphatic carboxylic acids is 1. The topological polar surface area (TPSA) is 88.3 Å². The van der Waals surface area contributed by atoms with Gasteiger partial charge in [-0.25, -0.2) is 4.68 Å². The molecule has 0 aromatic carbocycles. The maximum atomic E-state index is 12.7. The summed E-state index contributed by atoms with van der Waals surface area (Å²) in [5, 5.41) is 13.3. The van der Waals surface area contributed by atoms with Crippen LogP contribution in [-0.2, 0) is 4.79 Å². The van der Waals surface area contributed by atoms with E-state index in [1.165, 1.54) is 0 Å². The fourth-order valence-corrected chi connectivity index (χ4v) is 3.67. The zero-order valence-corrected chi connectivity index (χ0v) is 13.1. The molecule has 124 valence electrons. The first kappa shape index (κ1) is 14.9. The third-order valence-electron chi connectivity index (χ3n) is 5.27. The Kier molecular flexibility index (Phi) is 3.37. The summed E-state index contributed by atoms with van der Waals surface area (Å²) in [6, 6.07) is 5.36. The van der Waals surface area contributed by atoms with E-state index in [4.69, 9.17) is 5.11 Å². The van der Waals surface area contributed by atoms with Crippen LogP contribution in [0.3, 0.4) is 0 Å². The first-order valence-electron chi connectivity index (χ1n) is 8.07. The minimum absolute atomic E-state index is 0.0764. The van der Waals surface area contributed by atoms with Crippen molar-refractivity contribution in [3.63, 3.8) is 0 Å². The Bertz CT molecular complexity index is 779. The summed E-state index contributed by atoms with van der Waals surface area (Å²) in [5.41, 5.74) is 1.11. The Morgan fingerprint density at radius 2 is 2.04 bits per heavy atom. The summed E-state index contributed by atoms with van der Waals surface area (Å²) in [6.45, 7) is 1.19. The van der Waals surface area contributed by atoms with E-state index >= 15 is 0 Å². The summed E-state index contributed by atoms with van der Waals surface area (Å²) in [4.78, 5) is 29.8. The number of hydrogen-bond acceptors (Lipinski definition) is 4. The van der Waals surface area contributed by atoms with Gasteiger partial charge in [0.15, 0.2) is 0 Å². The number of carboxylic acid groups (broad SMARTS) is 1. The van der Waals surface area contributed by atoms with Crippen LogP contribution >= 0.6 is 0 Å². The Labute approximate surface area is 138 Å². The lowest BCUT2D eigenvalue weighted by molar-refractivity contribution is -0.139. The van der Waals surface area contributed by atoms with Gasteiger partial charge in [0.05, 0.1) is 11.6 Å². The maximum absolute atomic E-state index is 12.7. The Hall–Kier alpha value is -2.70. The second-order valence-electron chi connectivity index (χ2n) is 6.60. The number of carbonyl (C=O) groups excluding carboxylic acids is 1. The molecular weight excluding hydrogens is 308 g/mol. The molecule has 2 fully saturated rings. The molecule has 1 amide bonds. The summed E-state index contributed by atoms with van der Waals surface area (Å²) < 4.78 is 1.69. The van der Waals surface area contributed by atoms with E-state index < -0.39 is 5.97 Å². The average molecular weight is 326 g/mol. The molecule has 3 heterocycles. The number of nitrogens with zero attached hydrogens (tertiary/aromatic N) is 4. The molecule has 1 N–H and O–H groups in total. The second kappa shape index (κ2) is 5.43. The maximum Gasteiger partial charge on any atom is 0.307 e. The number of rotatable bonds is 3. The smallest absolute Gasteiger partial charge is 0.307 e. The third kappa shape index (κ3) is 2.46. The van der Waals surface area contributed by atoms with Gasteiger partial charge in [-0.15, -0.1) is 0 Å². The number of carboxylic acids is 1. The van der Waals surface area contributed by atoms with Gasteiger partial charge in [-0.05, 0) is 42.9 Å². The van der Waals surface area contributed by atoms with Crippen molar-refractivity contribution >= 4 is 11.9 Å². The molecule has 1 aliphatic heterocycles. The summed E-state index contributed by atoms with van der Waals surface area (Å²) >= 11 is 0. The lowest BCUT2D eigenvalue weighted by Crippen LogP contribution is -2.40. The van der Waals surface area contributed by atoms with Crippen molar-refractivity contribution in [3.8, 4) is 5.69 Å². The van der Waals surface area contributed by atoms with Gasteiger partial charge in [-0.1, -0.05) is 0 Å². The van der Waals surface area contributed by atoms with Crippen LogP contribution in [0.4, 0.5) is 0 Å². The SMILES string of the molecule is O=C(O)C1CC12CCN(C(=O)c1cc(-n3cccn3)ccn1)CC2. The molecule has 0 bridgehead atoms. The molecule has 1 aliphatic carbocycles. The van der Waals surface area contributed by atoms with E-state index in [0.29, 0.717) is 18.8 Å². The van der Waals surface area contributed by atoms with E-state index in [2.05, 4.69) is 10.1 Å². The fourth-order valence-electron chi connectivity index (χ4n) is 3.67. The molecular formula is C17H18N4O3. The number of amides is 1. The van der Waals surface area contributed by atoms with Gasteiger partial charge in [-0.3, -0.25) is 14.6 Å². The van der Waals surface area contributed by atoms with E-state index in [1.807, 2.05) is 12.3 Å². The fraction of sp³-hybridized carbons (Fsp3) is 0.412. The number of hydrogen-bond donors (Lipinski definition) is 1. The standard InChI is InChI=1S/C17H18N4O3/c22-15(14-10-12(2-6-18-14)21-7-1-5-19-21)20-8-3-17(4-9-20)11-13(17)16(23)24/h1-2,5-7,10,13H,3-4,8-9,11H2,(H,23,24). The van der Waals surface area contributed by atoms with Gasteiger partial charge in [0.25, 0.3) is 5.91 Å². The van der Waals surface area contributed by atoms with Crippen LogP contribution in [0.1, 0.15) is 29.8 Å². The lowest BCUT2D eigenvalue weighted by Gasteiger charge is -2.32. The van der Waals surface area contributed by atoms with Crippen LogP contribution in [0.15, 0.2) is 36.8 Å². The van der Waals surface area contributed by atoms with E-state index in [9.17, 15) is 9.59 Å². The molecule has 24 heavy (non-hydrogen) atoms. The van der Waals surface area contributed by atoms with Crippen molar-refractivity contribution in [1.82, 2.24) is 19.7 Å². The van der Waals surface area contributed by atoms with Crippen molar-refractivity contribution in [2.45, 2.75) is 19.3 Å². The highest BCUT2D eigenvalue weighted by Gasteiger charge is 2.59. The highest BCUT2D eigenvalue weighted by Crippen LogP contribution is 2.59. The lowest BCUT2D eigenvalue weighted by atomic mass is 9.90. The number of carbonyl (C=O) groups is 2. The molecule has 4 rings (SSSR count). The predicted molar refractivity (Wildman–Crippen MR) is 84.7 cm³/mol. The van der Waals surface area contributed by atoms with Crippen molar-refractivity contribution in [2.75, 3.05) is 13.1 Å². The molecule has 7 nitrogen and oxygen atoms in total. The first-order valence-corrected chi connectivity index (χ1v) is 8.07. The molecule has 2 aromatic heterocycles. The molecule has 1 spiro atoms. The number of aromatic nitrogens is 3. The molecule has 1 saturated carbocycles. The zero-order chi connectivity index (χ0) is 16.7. The van der Waals surface area contributed by atoms with Crippen LogP contribution in [-0.4, -0.2) is 49.7 Å². The monoisotopic (exact) mass is 326 g/mol. The zero-order valence-electron chi connectivity index (χ0n) is 13.1. The molecule has 1 unspecified atom stereocenters. The Morgan fingerprint density at radius 3 is 2.67 bits per heavy atom. The first-order chi connectivity index (χ1) is 11.6. The second-order valence-corrected chi connectivity index (χ2v) is 6.60. The molecule has 2 aliphatic rings. The van der Waals surface area contributed by atoms with Gasteiger partial charge in [-0.2, -0.15) is 5.10 Å². The van der Waals surface area contributed by atoms with Gasteiger partial charge in [0, 0.05) is 31.7 Å². The van der Waals surface area contributed by atoms with Gasteiger partial charge >= 0.3 is 5.97 Å². The van der Waals surface area contributed by atoms with Crippen LogP contribution < -0.4 is 0 Å². The summed E-state index contributed by atoms with van der Waals surface area (Å²) in [6.07, 6.45) is 7.37. The van der Waals surface area contributed by atoms with Gasteiger partial charge < -0.3 is 10.0 Å². The van der Waals surface area contributed by atoms with Crippen molar-refractivity contribution in [2.24, 2.45) is 11.3 Å². The van der Waals surface area contributed by atoms with Crippen molar-refractivity contribution in [1.29, 1.82) is 0 Å².